The topological polar surface area (TPSA) is 73.3 Å². The van der Waals surface area contributed by atoms with E-state index in [2.05, 4.69) is 10.3 Å². The number of aliphatic hydroxyl groups is 1. The van der Waals surface area contributed by atoms with E-state index in [1.54, 1.807) is 6.92 Å². The molecule has 2 fully saturated rings. The molecule has 2 aliphatic rings. The van der Waals surface area contributed by atoms with Gasteiger partial charge >= 0.3 is 6.18 Å². The standard InChI is InChI=1S/C22H20ClF4N3O3/c1-21(31)7-11(8-21)30-20(22(25,26)27)13(9-28-30)19-14(10-32-12-5-6-12)18(29-33-19)17-15(23)3-2-4-16(17)24/h2-4,9,11-12,31H,5-8,10H2,1H3/t11-,21+. The fourth-order valence-corrected chi connectivity index (χ4v) is 4.48. The Hall–Kier alpha value is -2.43. The normalized spacial score (nSPS) is 23.1. The van der Waals surface area contributed by atoms with Gasteiger partial charge in [0.15, 0.2) is 11.5 Å². The Balaban J connectivity index is 1.64. The average Bonchev–Trinajstić information content (AvgIpc) is 3.27. The monoisotopic (exact) mass is 485 g/mol. The van der Waals surface area contributed by atoms with Crippen LogP contribution in [0.2, 0.25) is 5.02 Å². The summed E-state index contributed by atoms with van der Waals surface area (Å²) in [5.74, 6) is -0.881. The number of hydrogen-bond donors (Lipinski definition) is 1. The summed E-state index contributed by atoms with van der Waals surface area (Å²) < 4.78 is 69.1. The summed E-state index contributed by atoms with van der Waals surface area (Å²) in [6.07, 6.45) is -1.76. The second-order valence-corrected chi connectivity index (χ2v) is 9.26. The zero-order valence-electron chi connectivity index (χ0n) is 17.5. The quantitative estimate of drug-likeness (QED) is 0.448. The second kappa shape index (κ2) is 7.82. The molecular formula is C22H20ClF4N3O3. The van der Waals surface area contributed by atoms with Gasteiger partial charge in [0.25, 0.3) is 0 Å². The first-order valence-corrected chi connectivity index (χ1v) is 10.8. The number of halogens is 5. The van der Waals surface area contributed by atoms with Crippen LogP contribution in [0.5, 0.6) is 0 Å². The molecule has 11 heteroatoms. The van der Waals surface area contributed by atoms with Crippen LogP contribution in [-0.2, 0) is 17.5 Å². The van der Waals surface area contributed by atoms with Gasteiger partial charge in [-0.25, -0.2) is 4.39 Å². The van der Waals surface area contributed by atoms with Gasteiger partial charge in [-0.15, -0.1) is 0 Å². The summed E-state index contributed by atoms with van der Waals surface area (Å²) in [7, 11) is 0. The molecule has 33 heavy (non-hydrogen) atoms. The minimum Gasteiger partial charge on any atom is -0.390 e. The highest BCUT2D eigenvalue weighted by Crippen LogP contribution is 2.47. The van der Waals surface area contributed by atoms with Crippen molar-refractivity contribution in [2.24, 2.45) is 0 Å². The van der Waals surface area contributed by atoms with Gasteiger partial charge in [0.1, 0.15) is 11.5 Å². The van der Waals surface area contributed by atoms with Crippen LogP contribution < -0.4 is 0 Å². The third-order valence-corrected chi connectivity index (χ3v) is 6.30. The van der Waals surface area contributed by atoms with Crippen LogP contribution >= 0.6 is 11.6 Å². The molecule has 0 radical (unpaired) electrons. The van der Waals surface area contributed by atoms with Crippen LogP contribution in [-0.4, -0.2) is 31.7 Å². The van der Waals surface area contributed by atoms with E-state index in [9.17, 15) is 22.7 Å². The first-order chi connectivity index (χ1) is 15.5. The fourth-order valence-electron chi connectivity index (χ4n) is 4.23. The van der Waals surface area contributed by atoms with E-state index in [1.807, 2.05) is 0 Å². The molecule has 176 valence electrons. The van der Waals surface area contributed by atoms with Crippen LogP contribution in [0.25, 0.3) is 22.6 Å². The summed E-state index contributed by atoms with van der Waals surface area (Å²) >= 11 is 6.19. The Morgan fingerprint density at radius 1 is 1.30 bits per heavy atom. The van der Waals surface area contributed by atoms with Gasteiger partial charge in [0.2, 0.25) is 0 Å². The van der Waals surface area contributed by atoms with Crippen molar-refractivity contribution in [3.63, 3.8) is 0 Å². The number of ether oxygens (including phenoxy) is 1. The maximum absolute atomic E-state index is 14.6. The van der Waals surface area contributed by atoms with Gasteiger partial charge in [-0.05, 0) is 44.7 Å². The number of alkyl halides is 3. The van der Waals surface area contributed by atoms with Gasteiger partial charge in [-0.3, -0.25) is 4.68 Å². The minimum absolute atomic E-state index is 0.0128. The Kier molecular flexibility index (Phi) is 5.30. The molecule has 0 aliphatic heterocycles. The molecule has 0 atom stereocenters. The third-order valence-electron chi connectivity index (χ3n) is 5.98. The van der Waals surface area contributed by atoms with Crippen LogP contribution in [0, 0.1) is 5.82 Å². The fraction of sp³-hybridized carbons (Fsp3) is 0.455. The van der Waals surface area contributed by atoms with E-state index < -0.39 is 29.3 Å². The zero-order valence-corrected chi connectivity index (χ0v) is 18.3. The molecule has 1 aromatic carbocycles. The predicted octanol–water partition coefficient (Wildman–Crippen LogP) is 5.78. The lowest BCUT2D eigenvalue weighted by atomic mass is 9.77. The average molecular weight is 486 g/mol. The van der Waals surface area contributed by atoms with Crippen LogP contribution in [0.15, 0.2) is 28.9 Å². The molecule has 6 nitrogen and oxygen atoms in total. The van der Waals surface area contributed by atoms with E-state index in [4.69, 9.17) is 20.9 Å². The van der Waals surface area contributed by atoms with Gasteiger partial charge < -0.3 is 14.4 Å². The molecule has 0 spiro atoms. The molecule has 1 N–H and O–H groups in total. The van der Waals surface area contributed by atoms with Gasteiger partial charge in [0, 0.05) is 0 Å². The van der Waals surface area contributed by atoms with Crippen molar-refractivity contribution in [2.75, 3.05) is 0 Å². The van der Waals surface area contributed by atoms with Gasteiger partial charge in [0.05, 0.1) is 52.3 Å². The van der Waals surface area contributed by atoms with Crippen LogP contribution in [0.1, 0.15) is 49.9 Å². The smallest absolute Gasteiger partial charge is 0.390 e. The summed E-state index contributed by atoms with van der Waals surface area (Å²) in [6.45, 7) is 1.44. The molecule has 2 saturated carbocycles. The van der Waals surface area contributed by atoms with Crippen LogP contribution in [0.3, 0.4) is 0 Å². The highest BCUT2D eigenvalue weighted by Gasteiger charge is 2.47. The predicted molar refractivity (Wildman–Crippen MR) is 110 cm³/mol. The van der Waals surface area contributed by atoms with E-state index in [1.165, 1.54) is 18.2 Å². The summed E-state index contributed by atoms with van der Waals surface area (Å²) in [6, 6.07) is 3.45. The summed E-state index contributed by atoms with van der Waals surface area (Å²) in [4.78, 5) is 0. The van der Waals surface area contributed by atoms with E-state index in [0.717, 1.165) is 23.7 Å². The molecule has 0 unspecified atom stereocenters. The highest BCUT2D eigenvalue weighted by molar-refractivity contribution is 6.33. The highest BCUT2D eigenvalue weighted by atomic mass is 35.5. The number of aromatic nitrogens is 3. The van der Waals surface area contributed by atoms with Crippen molar-refractivity contribution in [1.82, 2.24) is 14.9 Å². The second-order valence-electron chi connectivity index (χ2n) is 8.85. The first kappa shape index (κ1) is 22.4. The molecular weight excluding hydrogens is 466 g/mol. The molecule has 2 aliphatic carbocycles. The van der Waals surface area contributed by atoms with E-state index >= 15 is 0 Å². The molecule has 3 aromatic rings. The Labute approximate surface area is 191 Å². The largest absolute Gasteiger partial charge is 0.433 e. The minimum atomic E-state index is -4.76. The number of rotatable bonds is 6. The Morgan fingerprint density at radius 3 is 2.64 bits per heavy atom. The van der Waals surface area contributed by atoms with Gasteiger partial charge in [-0.1, -0.05) is 22.8 Å². The van der Waals surface area contributed by atoms with Crippen molar-refractivity contribution in [2.45, 2.75) is 63.1 Å². The SMILES string of the molecule is C[C@]1(O)C[C@@H](n2ncc(-c3onc(-c4c(F)cccc4Cl)c3COC3CC3)c2C(F)(F)F)C1. The van der Waals surface area contributed by atoms with Crippen molar-refractivity contribution in [3.8, 4) is 22.6 Å². The Morgan fingerprint density at radius 2 is 2.03 bits per heavy atom. The number of benzene rings is 1. The molecule has 2 aromatic heterocycles. The maximum Gasteiger partial charge on any atom is 0.433 e. The van der Waals surface area contributed by atoms with E-state index in [0.29, 0.717) is 0 Å². The van der Waals surface area contributed by atoms with Crippen molar-refractivity contribution < 1.29 is 31.9 Å². The molecule has 0 saturated heterocycles. The molecule has 2 heterocycles. The van der Waals surface area contributed by atoms with Crippen molar-refractivity contribution in [1.29, 1.82) is 0 Å². The lowest BCUT2D eigenvalue weighted by molar-refractivity contribution is -0.148. The summed E-state index contributed by atoms with van der Waals surface area (Å²) in [5, 5.41) is 17.9. The number of hydrogen-bond acceptors (Lipinski definition) is 5. The van der Waals surface area contributed by atoms with E-state index in [-0.39, 0.29) is 58.7 Å². The summed E-state index contributed by atoms with van der Waals surface area (Å²) in [5.41, 5.74) is -2.29. The molecule has 0 bridgehead atoms. The van der Waals surface area contributed by atoms with Crippen molar-refractivity contribution >= 4 is 11.6 Å². The number of nitrogens with zero attached hydrogens (tertiary/aromatic N) is 3. The van der Waals surface area contributed by atoms with Crippen LogP contribution in [0.4, 0.5) is 17.6 Å². The lowest BCUT2D eigenvalue weighted by Crippen LogP contribution is -2.43. The maximum atomic E-state index is 14.6. The molecule has 0 amide bonds. The lowest BCUT2D eigenvalue weighted by Gasteiger charge is -2.41. The Bertz CT molecular complexity index is 1170. The van der Waals surface area contributed by atoms with Gasteiger partial charge in [-0.2, -0.15) is 18.3 Å². The first-order valence-electron chi connectivity index (χ1n) is 10.5. The zero-order chi connectivity index (χ0) is 23.5. The van der Waals surface area contributed by atoms with Crippen molar-refractivity contribution in [3.05, 3.63) is 46.5 Å². The molecule has 5 rings (SSSR count). The third kappa shape index (κ3) is 4.15.